The van der Waals surface area contributed by atoms with Crippen LogP contribution in [0.1, 0.15) is 42.2 Å². The molecule has 0 bridgehead atoms. The van der Waals surface area contributed by atoms with Crippen LogP contribution in [0.5, 0.6) is 5.75 Å². The number of hydrogen-bond donors (Lipinski definition) is 2. The summed E-state index contributed by atoms with van der Waals surface area (Å²) in [7, 11) is 0. The van der Waals surface area contributed by atoms with E-state index in [9.17, 15) is 0 Å². The first-order valence-corrected chi connectivity index (χ1v) is 9.86. The number of rotatable bonds is 7. The van der Waals surface area contributed by atoms with Crippen LogP contribution in [0, 0.1) is 17.8 Å². The lowest BCUT2D eigenvalue weighted by Gasteiger charge is -2.15. The molecule has 1 aliphatic rings. The van der Waals surface area contributed by atoms with E-state index in [1.807, 2.05) is 41.1 Å². The van der Waals surface area contributed by atoms with Crippen molar-refractivity contribution >= 4 is 0 Å². The van der Waals surface area contributed by atoms with Gasteiger partial charge in [0, 0.05) is 48.9 Å². The molecule has 150 valence electrons. The normalized spacial score (nSPS) is 18.7. The average Bonchev–Trinajstić information content (AvgIpc) is 3.13. The van der Waals surface area contributed by atoms with Crippen molar-refractivity contribution in [3.8, 4) is 17.6 Å². The van der Waals surface area contributed by atoms with Gasteiger partial charge in [0.25, 0.3) is 0 Å². The maximum absolute atomic E-state index is 5.98. The molecule has 0 radical (unpaired) electrons. The lowest BCUT2D eigenvalue weighted by Crippen LogP contribution is -2.22. The van der Waals surface area contributed by atoms with Crippen LogP contribution in [0.3, 0.4) is 0 Å². The number of benzene rings is 1. The number of hydrogen-bond acceptors (Lipinski definition) is 6. The summed E-state index contributed by atoms with van der Waals surface area (Å²) < 4.78 is 13.2. The van der Waals surface area contributed by atoms with Crippen LogP contribution in [0.2, 0.25) is 0 Å². The number of nitrogens with zero attached hydrogens (tertiary/aromatic N) is 3. The highest BCUT2D eigenvalue weighted by Crippen LogP contribution is 2.28. The van der Waals surface area contributed by atoms with Gasteiger partial charge in [-0.2, -0.15) is 0 Å². The Bertz CT molecular complexity index is 1010. The van der Waals surface area contributed by atoms with E-state index in [1.54, 1.807) is 6.20 Å². The van der Waals surface area contributed by atoms with Gasteiger partial charge in [-0.1, -0.05) is 18.0 Å². The second-order valence-corrected chi connectivity index (χ2v) is 7.22. The van der Waals surface area contributed by atoms with Gasteiger partial charge in [-0.3, -0.25) is 0 Å². The quantitative estimate of drug-likeness (QED) is 0.598. The van der Waals surface area contributed by atoms with Crippen LogP contribution < -0.4 is 16.2 Å². The zero-order valence-corrected chi connectivity index (χ0v) is 16.4. The van der Waals surface area contributed by atoms with Gasteiger partial charge in [-0.15, -0.1) is 0 Å². The molecule has 2 aromatic heterocycles. The van der Waals surface area contributed by atoms with Gasteiger partial charge in [0.15, 0.2) is 0 Å². The second-order valence-electron chi connectivity index (χ2n) is 7.22. The molecule has 1 aliphatic carbocycles. The van der Waals surface area contributed by atoms with Crippen LogP contribution in [0.4, 0.5) is 0 Å². The molecule has 0 saturated heterocycles. The summed E-state index contributed by atoms with van der Waals surface area (Å²) in [6.45, 7) is 3.13. The molecular formula is C22H25N5O2. The Morgan fingerprint density at radius 2 is 2.10 bits per heavy atom. The van der Waals surface area contributed by atoms with Crippen molar-refractivity contribution in [2.75, 3.05) is 13.2 Å². The summed E-state index contributed by atoms with van der Waals surface area (Å²) in [4.78, 5) is 4.35. The maximum atomic E-state index is 5.98. The molecule has 1 saturated carbocycles. The molecule has 0 spiro atoms. The highest BCUT2D eigenvalue weighted by atomic mass is 16.5. The number of imidazole rings is 1. The minimum absolute atomic E-state index is 0.122. The summed E-state index contributed by atoms with van der Waals surface area (Å²) in [5, 5.41) is 4.16. The monoisotopic (exact) mass is 391 g/mol. The highest BCUT2D eigenvalue weighted by molar-refractivity contribution is 5.42. The molecule has 0 aliphatic heterocycles. The van der Waals surface area contributed by atoms with E-state index >= 15 is 0 Å². The van der Waals surface area contributed by atoms with Gasteiger partial charge in [-0.05, 0) is 36.6 Å². The van der Waals surface area contributed by atoms with Crippen LogP contribution in [-0.4, -0.2) is 33.9 Å². The van der Waals surface area contributed by atoms with Crippen LogP contribution in [-0.2, 0) is 6.42 Å². The minimum atomic E-state index is -0.122. The summed E-state index contributed by atoms with van der Waals surface area (Å²) in [6.07, 6.45) is 5.56. The van der Waals surface area contributed by atoms with Crippen molar-refractivity contribution in [1.82, 2.24) is 14.7 Å². The third-order valence-electron chi connectivity index (χ3n) is 5.12. The average molecular weight is 391 g/mol. The molecule has 1 aromatic carbocycles. The van der Waals surface area contributed by atoms with Crippen molar-refractivity contribution < 1.29 is 9.26 Å². The largest absolute Gasteiger partial charge is 0.493 e. The number of nitrogens with two attached hydrogens (primary N) is 2. The highest BCUT2D eigenvalue weighted by Gasteiger charge is 2.33. The summed E-state index contributed by atoms with van der Waals surface area (Å²) >= 11 is 0. The van der Waals surface area contributed by atoms with E-state index < -0.39 is 0 Å². The standard InChI is InChI=1S/C22H25N5O2/c1-2-22-25-9-10-27(22)21(13-23)20-12-18(29-26-20)8-5-15-3-6-17(7-4-15)28-14-16-11-19(16)24/h3-4,6-7,9-10,12,16,19,21H,2,11,13-14,23-24H2,1H3. The van der Waals surface area contributed by atoms with Gasteiger partial charge in [0.1, 0.15) is 17.3 Å². The molecule has 3 aromatic rings. The van der Waals surface area contributed by atoms with Crippen molar-refractivity contribution in [2.24, 2.45) is 17.4 Å². The number of aromatic nitrogens is 3. The van der Waals surface area contributed by atoms with Gasteiger partial charge < -0.3 is 25.3 Å². The fourth-order valence-electron chi connectivity index (χ4n) is 3.22. The van der Waals surface area contributed by atoms with E-state index in [2.05, 4.69) is 28.9 Å². The molecule has 3 atom stereocenters. The fourth-order valence-corrected chi connectivity index (χ4v) is 3.22. The Labute approximate surface area is 170 Å². The molecule has 1 fully saturated rings. The lowest BCUT2D eigenvalue weighted by atomic mass is 10.2. The molecular weight excluding hydrogens is 366 g/mol. The predicted octanol–water partition coefficient (Wildman–Crippen LogP) is 2.11. The SMILES string of the molecule is CCc1nccn1C(CN)c1cc(C#Cc2ccc(OCC3CC3N)cc2)on1. The van der Waals surface area contributed by atoms with Gasteiger partial charge in [0.05, 0.1) is 12.6 Å². The first-order valence-electron chi connectivity index (χ1n) is 9.86. The number of ether oxygens (including phenoxy) is 1. The smallest absolute Gasteiger partial charge is 0.210 e. The van der Waals surface area contributed by atoms with E-state index in [0.717, 1.165) is 35.7 Å². The number of aryl methyl sites for hydroxylation is 1. The first-order chi connectivity index (χ1) is 14.2. The zero-order valence-electron chi connectivity index (χ0n) is 16.4. The van der Waals surface area contributed by atoms with Crippen LogP contribution >= 0.6 is 0 Å². The summed E-state index contributed by atoms with van der Waals surface area (Å²) in [5.74, 6) is 8.88. The molecule has 4 N–H and O–H groups in total. The van der Waals surface area contributed by atoms with Crippen LogP contribution in [0.25, 0.3) is 0 Å². The summed E-state index contributed by atoms with van der Waals surface area (Å²) in [6, 6.07) is 9.69. The molecule has 7 nitrogen and oxygen atoms in total. The molecule has 3 unspecified atom stereocenters. The summed E-state index contributed by atoms with van der Waals surface area (Å²) in [5.41, 5.74) is 13.4. The van der Waals surface area contributed by atoms with Crippen molar-refractivity contribution in [3.63, 3.8) is 0 Å². The van der Waals surface area contributed by atoms with E-state index in [1.165, 1.54) is 0 Å². The van der Waals surface area contributed by atoms with Gasteiger partial charge in [0.2, 0.25) is 5.76 Å². The predicted molar refractivity (Wildman–Crippen MR) is 109 cm³/mol. The molecule has 7 heteroatoms. The second kappa shape index (κ2) is 8.52. The van der Waals surface area contributed by atoms with E-state index in [0.29, 0.717) is 30.9 Å². The molecule has 29 heavy (non-hydrogen) atoms. The van der Waals surface area contributed by atoms with Gasteiger partial charge >= 0.3 is 0 Å². The molecule has 2 heterocycles. The Hall–Kier alpha value is -3.08. The lowest BCUT2D eigenvalue weighted by molar-refractivity contribution is 0.297. The Balaban J connectivity index is 1.42. The van der Waals surface area contributed by atoms with Crippen LogP contribution in [0.15, 0.2) is 47.2 Å². The maximum Gasteiger partial charge on any atom is 0.210 e. The fraction of sp³-hybridized carbons (Fsp3) is 0.364. The molecule has 0 amide bonds. The first kappa shape index (κ1) is 19.2. The van der Waals surface area contributed by atoms with Crippen molar-refractivity contribution in [1.29, 1.82) is 0 Å². The topological polar surface area (TPSA) is 105 Å². The van der Waals surface area contributed by atoms with Crippen molar-refractivity contribution in [3.05, 3.63) is 65.6 Å². The Morgan fingerprint density at radius 1 is 1.31 bits per heavy atom. The minimum Gasteiger partial charge on any atom is -0.493 e. The zero-order chi connectivity index (χ0) is 20.2. The third-order valence-corrected chi connectivity index (χ3v) is 5.12. The van der Waals surface area contributed by atoms with E-state index in [-0.39, 0.29) is 6.04 Å². The Morgan fingerprint density at radius 3 is 2.79 bits per heavy atom. The Kier molecular flexibility index (Phi) is 5.65. The van der Waals surface area contributed by atoms with Crippen molar-refractivity contribution in [2.45, 2.75) is 31.8 Å². The van der Waals surface area contributed by atoms with Gasteiger partial charge in [-0.25, -0.2) is 4.98 Å². The molecule has 4 rings (SSSR count). The third kappa shape index (κ3) is 4.50. The van der Waals surface area contributed by atoms with E-state index in [4.69, 9.17) is 20.7 Å².